The Morgan fingerprint density at radius 1 is 0.895 bits per heavy atom. The summed E-state index contributed by atoms with van der Waals surface area (Å²) in [5, 5.41) is 5.13. The molecular weight excluding hydrogens is 497 g/mol. The monoisotopic (exact) mass is 531 g/mol. The SMILES string of the molecule is Nc1cccc(F)c1C(=O)NCCCCN1CCN(C2=CC=S(c3ccccc3)N2c2ccccc2)CC1. The van der Waals surface area contributed by atoms with Crippen molar-refractivity contribution in [2.75, 3.05) is 49.3 Å². The van der Waals surface area contributed by atoms with E-state index in [-0.39, 0.29) is 21.9 Å². The van der Waals surface area contributed by atoms with Crippen LogP contribution in [0.1, 0.15) is 23.2 Å². The normalized spacial score (nSPS) is 17.7. The Hall–Kier alpha value is -3.62. The number of benzene rings is 3. The average molecular weight is 532 g/mol. The smallest absolute Gasteiger partial charge is 0.256 e. The molecule has 2 aliphatic heterocycles. The number of piperazine rings is 1. The van der Waals surface area contributed by atoms with Gasteiger partial charge in [0.1, 0.15) is 11.6 Å². The number of nitrogen functional groups attached to an aromatic ring is 1. The molecule has 1 atom stereocenters. The fourth-order valence-electron chi connectivity index (χ4n) is 4.87. The van der Waals surface area contributed by atoms with Gasteiger partial charge in [-0.15, -0.1) is 0 Å². The van der Waals surface area contributed by atoms with Gasteiger partial charge in [0.15, 0.2) is 0 Å². The van der Waals surface area contributed by atoms with Crippen LogP contribution in [0.3, 0.4) is 0 Å². The van der Waals surface area contributed by atoms with Crippen LogP contribution in [0.2, 0.25) is 0 Å². The minimum atomic E-state index is -0.586. The van der Waals surface area contributed by atoms with E-state index in [1.165, 1.54) is 28.5 Å². The molecule has 0 spiro atoms. The highest BCUT2D eigenvalue weighted by Crippen LogP contribution is 2.42. The van der Waals surface area contributed by atoms with E-state index < -0.39 is 11.7 Å². The van der Waals surface area contributed by atoms with Crippen LogP contribution in [-0.2, 0) is 0 Å². The first-order valence-corrected chi connectivity index (χ1v) is 14.3. The van der Waals surface area contributed by atoms with Crippen LogP contribution in [0, 0.1) is 5.82 Å². The van der Waals surface area contributed by atoms with Gasteiger partial charge in [0.2, 0.25) is 0 Å². The fourth-order valence-corrected chi connectivity index (χ4v) is 6.78. The van der Waals surface area contributed by atoms with Crippen LogP contribution < -0.4 is 15.4 Å². The van der Waals surface area contributed by atoms with Crippen molar-refractivity contribution in [2.45, 2.75) is 17.7 Å². The number of rotatable bonds is 9. The molecule has 2 aliphatic rings. The molecule has 3 N–H and O–H groups in total. The molecule has 0 aromatic heterocycles. The maximum absolute atomic E-state index is 13.9. The summed E-state index contributed by atoms with van der Waals surface area (Å²) < 4.78 is 16.4. The second-order valence-electron chi connectivity index (χ2n) is 9.41. The van der Waals surface area contributed by atoms with Crippen molar-refractivity contribution in [2.24, 2.45) is 0 Å². The quantitative estimate of drug-likeness (QED) is 0.233. The molecule has 0 aliphatic carbocycles. The number of nitrogens with one attached hydrogen (secondary N) is 1. The van der Waals surface area contributed by atoms with Gasteiger partial charge in [-0.1, -0.05) is 53.1 Å². The predicted molar refractivity (Wildman–Crippen MR) is 156 cm³/mol. The zero-order valence-corrected chi connectivity index (χ0v) is 22.2. The maximum atomic E-state index is 13.9. The highest BCUT2D eigenvalue weighted by atomic mass is 32.2. The van der Waals surface area contributed by atoms with Crippen LogP contribution in [0.4, 0.5) is 15.8 Å². The molecule has 0 radical (unpaired) electrons. The molecule has 1 fully saturated rings. The van der Waals surface area contributed by atoms with Crippen molar-refractivity contribution >= 4 is 33.3 Å². The lowest BCUT2D eigenvalue weighted by molar-refractivity contribution is 0.0949. The Bertz CT molecular complexity index is 1290. The molecular formula is C30H34FN5OS. The first-order chi connectivity index (χ1) is 18.6. The lowest BCUT2D eigenvalue weighted by Gasteiger charge is -2.40. The van der Waals surface area contributed by atoms with Crippen molar-refractivity contribution in [3.8, 4) is 0 Å². The standard InChI is InChI=1S/C30H34FN5OS/c31-26-14-9-15-27(32)29(26)30(37)33-17-7-8-18-34-19-21-35(22-20-34)28-16-23-38(25-12-5-2-6-13-25)36(28)24-10-3-1-4-11-24/h1-6,9-16,23H,7-8,17-22,32H2,(H,33,37). The minimum Gasteiger partial charge on any atom is -0.398 e. The third-order valence-corrected chi connectivity index (χ3v) is 8.82. The van der Waals surface area contributed by atoms with Crippen LogP contribution in [0.25, 0.3) is 0 Å². The second kappa shape index (κ2) is 12.3. The highest BCUT2D eigenvalue weighted by molar-refractivity contribution is 8.16. The summed E-state index contributed by atoms with van der Waals surface area (Å²) in [4.78, 5) is 18.6. The van der Waals surface area contributed by atoms with Crippen LogP contribution in [0.15, 0.2) is 95.7 Å². The Balaban J connectivity index is 1.10. The van der Waals surface area contributed by atoms with Gasteiger partial charge in [0, 0.05) is 43.3 Å². The van der Waals surface area contributed by atoms with Gasteiger partial charge in [-0.05, 0) is 67.2 Å². The molecule has 1 saturated heterocycles. The van der Waals surface area contributed by atoms with Crippen LogP contribution >= 0.6 is 10.7 Å². The number of para-hydroxylation sites is 1. The van der Waals surface area contributed by atoms with E-state index in [2.05, 4.69) is 91.5 Å². The molecule has 5 rings (SSSR count). The Morgan fingerprint density at radius 3 is 2.32 bits per heavy atom. The molecule has 0 saturated carbocycles. The predicted octanol–water partition coefficient (Wildman–Crippen LogP) is 4.94. The van der Waals surface area contributed by atoms with Gasteiger partial charge >= 0.3 is 0 Å². The molecule has 3 aromatic rings. The first-order valence-electron chi connectivity index (χ1n) is 13.1. The summed E-state index contributed by atoms with van der Waals surface area (Å²) in [6, 6.07) is 25.6. The summed E-state index contributed by atoms with van der Waals surface area (Å²) >= 11 is 0. The number of nitrogens with two attached hydrogens (primary N) is 1. The number of anilines is 2. The van der Waals surface area contributed by atoms with Crippen LogP contribution in [0.5, 0.6) is 0 Å². The van der Waals surface area contributed by atoms with Crippen LogP contribution in [-0.4, -0.2) is 60.3 Å². The molecule has 8 heteroatoms. The number of hydrogen-bond acceptors (Lipinski definition) is 5. The van der Waals surface area contributed by atoms with E-state index in [1.807, 2.05) is 0 Å². The van der Waals surface area contributed by atoms with Gasteiger partial charge < -0.3 is 16.0 Å². The van der Waals surface area contributed by atoms with Crippen molar-refractivity contribution in [3.63, 3.8) is 0 Å². The van der Waals surface area contributed by atoms with E-state index >= 15 is 0 Å². The maximum Gasteiger partial charge on any atom is 0.256 e. The van der Waals surface area contributed by atoms with Gasteiger partial charge in [-0.25, -0.2) is 4.39 Å². The molecule has 38 heavy (non-hydrogen) atoms. The van der Waals surface area contributed by atoms with Crippen molar-refractivity contribution in [1.82, 2.24) is 15.1 Å². The summed E-state index contributed by atoms with van der Waals surface area (Å²) in [5.74, 6) is 0.225. The third kappa shape index (κ3) is 5.92. The summed E-state index contributed by atoms with van der Waals surface area (Å²) in [6.45, 7) is 5.42. The number of unbranched alkanes of at least 4 members (excludes halogenated alkanes) is 1. The Morgan fingerprint density at radius 2 is 1.61 bits per heavy atom. The molecule has 198 valence electrons. The number of amides is 1. The van der Waals surface area contributed by atoms with Crippen molar-refractivity contribution in [1.29, 1.82) is 0 Å². The first kappa shape index (κ1) is 26.0. The minimum absolute atomic E-state index is 0.0678. The summed E-state index contributed by atoms with van der Waals surface area (Å²) in [5.41, 5.74) is 7.07. The number of carbonyl (C=O) groups excluding carboxylic acids is 1. The van der Waals surface area contributed by atoms with E-state index in [0.717, 1.165) is 45.6 Å². The molecule has 1 unspecified atom stereocenters. The highest BCUT2D eigenvalue weighted by Gasteiger charge is 2.28. The second-order valence-corrected chi connectivity index (χ2v) is 11.2. The van der Waals surface area contributed by atoms with E-state index in [0.29, 0.717) is 6.54 Å². The Kier molecular flexibility index (Phi) is 8.41. The number of nitrogens with zero attached hydrogens (tertiary/aromatic N) is 3. The number of allylic oxidation sites excluding steroid dienone is 1. The third-order valence-electron chi connectivity index (χ3n) is 6.88. The van der Waals surface area contributed by atoms with Gasteiger partial charge in [0.05, 0.1) is 11.3 Å². The zero-order chi connectivity index (χ0) is 26.3. The van der Waals surface area contributed by atoms with E-state index in [9.17, 15) is 9.18 Å². The van der Waals surface area contributed by atoms with Crippen molar-refractivity contribution in [3.05, 3.63) is 102 Å². The van der Waals surface area contributed by atoms with Crippen molar-refractivity contribution < 1.29 is 9.18 Å². The summed E-state index contributed by atoms with van der Waals surface area (Å²) in [6.07, 6.45) is 4.09. The lowest BCUT2D eigenvalue weighted by atomic mass is 10.1. The topological polar surface area (TPSA) is 64.8 Å². The van der Waals surface area contributed by atoms with Gasteiger partial charge in [0.25, 0.3) is 5.91 Å². The van der Waals surface area contributed by atoms with E-state index in [4.69, 9.17) is 5.73 Å². The van der Waals surface area contributed by atoms with E-state index in [1.54, 1.807) is 6.07 Å². The molecule has 6 nitrogen and oxygen atoms in total. The molecule has 3 aromatic carbocycles. The number of hydrogen-bond donors (Lipinski definition) is 2. The lowest BCUT2D eigenvalue weighted by Crippen LogP contribution is -2.48. The summed E-state index contributed by atoms with van der Waals surface area (Å²) in [7, 11) is -0.153. The molecule has 0 bridgehead atoms. The Labute approximate surface area is 226 Å². The zero-order valence-electron chi connectivity index (χ0n) is 21.4. The molecule has 1 amide bonds. The number of carbonyl (C=O) groups is 1. The fraction of sp³-hybridized carbons (Fsp3) is 0.267. The van der Waals surface area contributed by atoms with Gasteiger partial charge in [-0.3, -0.25) is 14.0 Å². The molecule has 2 heterocycles. The largest absolute Gasteiger partial charge is 0.398 e. The van der Waals surface area contributed by atoms with Gasteiger partial charge in [-0.2, -0.15) is 0 Å². The average Bonchev–Trinajstić information content (AvgIpc) is 3.39. The number of halogens is 1.